The summed E-state index contributed by atoms with van der Waals surface area (Å²) in [6.07, 6.45) is 3.94. The molecular formula is C33H48N2O10S. The van der Waals surface area contributed by atoms with Crippen LogP contribution in [0.4, 0.5) is 0 Å². The minimum absolute atomic E-state index is 0.0186. The van der Waals surface area contributed by atoms with Gasteiger partial charge in [0.25, 0.3) is 0 Å². The maximum atomic E-state index is 13.5. The van der Waals surface area contributed by atoms with Crippen molar-refractivity contribution in [1.82, 2.24) is 10.6 Å². The van der Waals surface area contributed by atoms with Crippen molar-refractivity contribution in [3.63, 3.8) is 0 Å². The lowest BCUT2D eigenvalue weighted by molar-refractivity contribution is -0.184. The van der Waals surface area contributed by atoms with Crippen LogP contribution in [0.25, 0.3) is 0 Å². The second-order valence-electron chi connectivity index (χ2n) is 14.4. The van der Waals surface area contributed by atoms with Gasteiger partial charge in [0.15, 0.2) is 12.4 Å². The minimum atomic E-state index is -1.79. The quantitative estimate of drug-likeness (QED) is 0.132. The molecule has 0 bridgehead atoms. The van der Waals surface area contributed by atoms with Gasteiger partial charge in [-0.25, -0.2) is 4.79 Å². The van der Waals surface area contributed by atoms with Crippen LogP contribution in [0.15, 0.2) is 11.6 Å². The van der Waals surface area contributed by atoms with Crippen molar-refractivity contribution in [2.24, 2.45) is 34.5 Å². The van der Waals surface area contributed by atoms with E-state index in [1.54, 1.807) is 19.9 Å². The summed E-state index contributed by atoms with van der Waals surface area (Å²) in [5, 5.41) is 37.4. The molecule has 0 heterocycles. The van der Waals surface area contributed by atoms with E-state index in [1.807, 2.05) is 6.92 Å². The van der Waals surface area contributed by atoms with Gasteiger partial charge in [0.1, 0.15) is 17.7 Å². The SMILES string of the molecule is CC(C)[C@@H](NC(=O)CCC(=O)OCC(=O)[C@@]1(O)CC[C@H]2[C@@H]3CCC4=CC(=O)CC[C@]4(C)[C@H]3[C@@H](O)C[C@@]21C)C(=O)N[C@H](CS)C(=O)O. The second-order valence-corrected chi connectivity index (χ2v) is 14.8. The molecule has 46 heavy (non-hydrogen) atoms. The zero-order valence-corrected chi connectivity index (χ0v) is 27.9. The number of carboxylic acid groups (broad SMARTS) is 1. The van der Waals surface area contributed by atoms with Crippen LogP contribution < -0.4 is 10.6 Å². The summed E-state index contributed by atoms with van der Waals surface area (Å²) in [6.45, 7) is 6.66. The van der Waals surface area contributed by atoms with Gasteiger partial charge in [-0.05, 0) is 73.7 Å². The zero-order valence-electron chi connectivity index (χ0n) is 27.0. The van der Waals surface area contributed by atoms with Crippen LogP contribution in [0, 0.1) is 34.5 Å². The first-order valence-corrected chi connectivity index (χ1v) is 16.9. The molecule has 3 fully saturated rings. The monoisotopic (exact) mass is 664 g/mol. The number of carbonyl (C=O) groups excluding carboxylic acids is 5. The summed E-state index contributed by atoms with van der Waals surface area (Å²) in [5.74, 6) is -4.45. The highest BCUT2D eigenvalue weighted by atomic mass is 32.1. The van der Waals surface area contributed by atoms with Crippen molar-refractivity contribution in [1.29, 1.82) is 0 Å². The van der Waals surface area contributed by atoms with Crippen LogP contribution in [-0.4, -0.2) is 86.8 Å². The molecule has 9 atom stereocenters. The molecule has 4 aliphatic rings. The van der Waals surface area contributed by atoms with E-state index in [0.717, 1.165) is 18.4 Å². The summed E-state index contributed by atoms with van der Waals surface area (Å²) in [6, 6.07) is -2.27. The molecule has 12 nitrogen and oxygen atoms in total. The predicted octanol–water partition coefficient (Wildman–Crippen LogP) is 1.75. The number of rotatable bonds is 12. The lowest BCUT2D eigenvalue weighted by Gasteiger charge is -2.60. The fourth-order valence-electron chi connectivity index (χ4n) is 8.93. The van der Waals surface area contributed by atoms with E-state index in [9.17, 15) is 39.0 Å². The normalized spacial score (nSPS) is 34.7. The molecule has 5 N–H and O–H groups in total. The maximum Gasteiger partial charge on any atom is 0.327 e. The maximum absolute atomic E-state index is 13.5. The van der Waals surface area contributed by atoms with E-state index < -0.39 is 65.3 Å². The second kappa shape index (κ2) is 13.8. The number of allylic oxidation sites excluding steroid dienone is 1. The van der Waals surface area contributed by atoms with Crippen LogP contribution in [-0.2, 0) is 33.5 Å². The van der Waals surface area contributed by atoms with E-state index in [1.165, 1.54) is 0 Å². The lowest BCUT2D eigenvalue weighted by Crippen LogP contribution is -2.62. The molecular weight excluding hydrogens is 616 g/mol. The van der Waals surface area contributed by atoms with Gasteiger partial charge >= 0.3 is 11.9 Å². The Hall–Kier alpha value is -2.77. The van der Waals surface area contributed by atoms with Crippen molar-refractivity contribution in [2.75, 3.05) is 12.4 Å². The van der Waals surface area contributed by atoms with Crippen molar-refractivity contribution < 1.29 is 48.8 Å². The molecule has 0 radical (unpaired) electrons. The largest absolute Gasteiger partial charge is 0.480 e. The third kappa shape index (κ3) is 6.64. The molecule has 3 saturated carbocycles. The number of aliphatic carboxylic acids is 1. The Morgan fingerprint density at radius 1 is 1.07 bits per heavy atom. The van der Waals surface area contributed by atoms with E-state index in [2.05, 4.69) is 30.2 Å². The number of ether oxygens (including phenoxy) is 1. The molecule has 0 aliphatic heterocycles. The summed E-state index contributed by atoms with van der Waals surface area (Å²) < 4.78 is 5.20. The number of thiol groups is 1. The summed E-state index contributed by atoms with van der Waals surface area (Å²) in [4.78, 5) is 74.5. The molecule has 0 unspecified atom stereocenters. The third-order valence-electron chi connectivity index (χ3n) is 11.5. The van der Waals surface area contributed by atoms with E-state index >= 15 is 0 Å². The van der Waals surface area contributed by atoms with Crippen LogP contribution in [0.3, 0.4) is 0 Å². The number of carbonyl (C=O) groups is 6. The summed E-state index contributed by atoms with van der Waals surface area (Å²) >= 11 is 3.92. The third-order valence-corrected chi connectivity index (χ3v) is 11.9. The highest BCUT2D eigenvalue weighted by Gasteiger charge is 2.68. The molecule has 13 heteroatoms. The van der Waals surface area contributed by atoms with Gasteiger partial charge in [-0.1, -0.05) is 33.3 Å². The highest BCUT2D eigenvalue weighted by Crippen LogP contribution is 2.67. The fourth-order valence-corrected chi connectivity index (χ4v) is 9.18. The molecule has 0 aromatic heterocycles. The number of Topliss-reactive ketones (excluding diaryl/α,β-unsaturated/α-hetero) is 1. The Morgan fingerprint density at radius 2 is 1.76 bits per heavy atom. The Morgan fingerprint density at radius 3 is 2.39 bits per heavy atom. The average molecular weight is 665 g/mol. The van der Waals surface area contributed by atoms with E-state index in [-0.39, 0.29) is 66.3 Å². The number of hydrogen-bond donors (Lipinski definition) is 6. The topological polar surface area (TPSA) is 196 Å². The predicted molar refractivity (Wildman–Crippen MR) is 168 cm³/mol. The van der Waals surface area contributed by atoms with Gasteiger partial charge in [0.05, 0.1) is 12.5 Å². The number of esters is 1. The van der Waals surface area contributed by atoms with Gasteiger partial charge in [-0.2, -0.15) is 12.6 Å². The number of hydrogen-bond acceptors (Lipinski definition) is 10. The Bertz CT molecular complexity index is 1300. The van der Waals surface area contributed by atoms with Gasteiger partial charge in [0.2, 0.25) is 17.6 Å². The molecule has 4 rings (SSSR count). The van der Waals surface area contributed by atoms with Crippen LogP contribution >= 0.6 is 12.6 Å². The molecule has 0 aromatic carbocycles. The number of amides is 2. The Labute approximate surface area is 274 Å². The van der Waals surface area contributed by atoms with Crippen molar-refractivity contribution in [2.45, 2.75) is 109 Å². The first kappa shape index (κ1) is 36.1. The van der Waals surface area contributed by atoms with Crippen molar-refractivity contribution in [3.8, 4) is 0 Å². The van der Waals surface area contributed by atoms with Crippen molar-refractivity contribution >= 4 is 47.9 Å². The number of aliphatic hydroxyl groups is 2. The molecule has 4 aliphatic carbocycles. The van der Waals surface area contributed by atoms with E-state index in [0.29, 0.717) is 19.3 Å². The minimum Gasteiger partial charge on any atom is -0.480 e. The molecule has 0 saturated heterocycles. The standard InChI is InChI=1S/C33H48N2O10S/c1-17(2)28(29(41)34-22(16-46)30(42)43)35-25(39)7-8-26(40)45-15-24(38)33(44)12-10-21-20-6-5-18-13-19(36)9-11-31(18,3)27(20)23(37)14-32(21,33)4/h13,17,20-23,27-28,37,44,46H,5-12,14-16H2,1-4H3,(H,34,41)(H,35,39)(H,42,43)/t20-,21-,22+,23-,27+,28+,31-,32-,33-/m0/s1. The van der Waals surface area contributed by atoms with Gasteiger partial charge in [-0.3, -0.25) is 24.0 Å². The summed E-state index contributed by atoms with van der Waals surface area (Å²) in [5.41, 5.74) is -1.91. The number of ketones is 2. The average Bonchev–Trinajstić information content (AvgIpc) is 3.26. The first-order chi connectivity index (χ1) is 21.5. The summed E-state index contributed by atoms with van der Waals surface area (Å²) in [7, 11) is 0. The van der Waals surface area contributed by atoms with Gasteiger partial charge in [-0.15, -0.1) is 0 Å². The zero-order chi connectivity index (χ0) is 34.2. The van der Waals surface area contributed by atoms with Crippen LogP contribution in [0.2, 0.25) is 0 Å². The van der Waals surface area contributed by atoms with Gasteiger partial charge < -0.3 is 30.7 Å². The van der Waals surface area contributed by atoms with Crippen molar-refractivity contribution in [3.05, 3.63) is 11.6 Å². The molecule has 0 aromatic rings. The molecule has 256 valence electrons. The Kier molecular flexibility index (Phi) is 10.8. The fraction of sp³-hybridized carbons (Fsp3) is 0.758. The highest BCUT2D eigenvalue weighted by molar-refractivity contribution is 7.80. The molecule has 0 spiro atoms. The van der Waals surface area contributed by atoms with Crippen LogP contribution in [0.5, 0.6) is 0 Å². The lowest BCUT2D eigenvalue weighted by atomic mass is 9.45. The number of nitrogens with one attached hydrogen (secondary N) is 2. The van der Waals surface area contributed by atoms with Gasteiger partial charge in [0, 0.05) is 24.0 Å². The molecule has 2 amide bonds. The van der Waals surface area contributed by atoms with Crippen LogP contribution in [0.1, 0.15) is 85.5 Å². The smallest absolute Gasteiger partial charge is 0.327 e. The number of carboxylic acids is 1. The number of fused-ring (bicyclic) bond motifs is 5. The first-order valence-electron chi connectivity index (χ1n) is 16.2. The number of aliphatic hydroxyl groups excluding tert-OH is 1. The van der Waals surface area contributed by atoms with E-state index in [4.69, 9.17) is 9.84 Å². The Balaban J connectivity index is 1.33.